The van der Waals surface area contributed by atoms with Crippen LogP contribution in [-0.2, 0) is 4.79 Å². The molecule has 0 aliphatic carbocycles. The van der Waals surface area contributed by atoms with Gasteiger partial charge >= 0.3 is 0 Å². The number of carbonyl (C=O) groups is 1. The summed E-state index contributed by atoms with van der Waals surface area (Å²) in [7, 11) is 0. The van der Waals surface area contributed by atoms with Gasteiger partial charge in [-0.2, -0.15) is 0 Å². The number of rotatable bonds is 5. The lowest BCUT2D eigenvalue weighted by molar-refractivity contribution is -0.141. The highest BCUT2D eigenvalue weighted by Gasteiger charge is 2.37. The summed E-state index contributed by atoms with van der Waals surface area (Å²) >= 11 is 0. The van der Waals surface area contributed by atoms with Crippen molar-refractivity contribution in [3.05, 3.63) is 30.1 Å². The van der Waals surface area contributed by atoms with Gasteiger partial charge in [0.05, 0.1) is 12.1 Å². The first kappa shape index (κ1) is 17.2. The number of hydrogen-bond acceptors (Lipinski definition) is 4. The van der Waals surface area contributed by atoms with Crippen molar-refractivity contribution in [1.82, 2.24) is 9.80 Å². The molecule has 132 valence electrons. The van der Waals surface area contributed by atoms with Crippen LogP contribution >= 0.6 is 0 Å². The molecule has 0 saturated carbocycles. The Balaban J connectivity index is 1.51. The molecule has 1 atom stereocenters. The molecule has 0 aromatic heterocycles. The maximum atomic E-state index is 12.9. The lowest BCUT2D eigenvalue weighted by Gasteiger charge is -2.41. The third kappa shape index (κ3) is 4.45. The van der Waals surface area contributed by atoms with Crippen LogP contribution in [0, 0.1) is 5.82 Å². The lowest BCUT2D eigenvalue weighted by Crippen LogP contribution is -2.56. The minimum Gasteiger partial charge on any atom is -0.484 e. The van der Waals surface area contributed by atoms with Crippen molar-refractivity contribution in [1.29, 1.82) is 0 Å². The summed E-state index contributed by atoms with van der Waals surface area (Å²) in [5.74, 6) is -0.00959. The van der Waals surface area contributed by atoms with E-state index in [0.29, 0.717) is 25.4 Å². The number of nitrogens with zero attached hydrogens (tertiary/aromatic N) is 2. The first-order chi connectivity index (χ1) is 11.5. The Morgan fingerprint density at radius 1 is 1.17 bits per heavy atom. The smallest absolute Gasteiger partial charge is 0.260 e. The van der Waals surface area contributed by atoms with Crippen molar-refractivity contribution < 1.29 is 19.0 Å². The number of carbonyl (C=O) groups excluding carboxylic acids is 1. The quantitative estimate of drug-likeness (QED) is 0.888. The summed E-state index contributed by atoms with van der Waals surface area (Å²) < 4.78 is 18.3. The minimum atomic E-state index is -0.825. The molecule has 1 unspecified atom stereocenters. The van der Waals surface area contributed by atoms with E-state index in [1.807, 2.05) is 0 Å². The van der Waals surface area contributed by atoms with Gasteiger partial charge in [0, 0.05) is 13.1 Å². The summed E-state index contributed by atoms with van der Waals surface area (Å²) in [6.45, 7) is 3.61. The van der Waals surface area contributed by atoms with Crippen LogP contribution in [0.2, 0.25) is 0 Å². The molecule has 2 fully saturated rings. The fraction of sp³-hybridized carbons (Fsp3) is 0.611. The van der Waals surface area contributed by atoms with Gasteiger partial charge in [-0.25, -0.2) is 4.39 Å². The molecule has 5 nitrogen and oxygen atoms in total. The highest BCUT2D eigenvalue weighted by Crippen LogP contribution is 2.24. The summed E-state index contributed by atoms with van der Waals surface area (Å²) in [6.07, 6.45) is 3.90. The maximum absolute atomic E-state index is 12.9. The number of likely N-dealkylation sites (tertiary alicyclic amines) is 2. The van der Waals surface area contributed by atoms with E-state index >= 15 is 0 Å². The van der Waals surface area contributed by atoms with E-state index < -0.39 is 5.60 Å². The van der Waals surface area contributed by atoms with Gasteiger partial charge in [-0.05, 0) is 63.0 Å². The van der Waals surface area contributed by atoms with E-state index in [-0.39, 0.29) is 18.3 Å². The second kappa shape index (κ2) is 7.49. The lowest BCUT2D eigenvalue weighted by atomic mass is 9.92. The number of amides is 1. The van der Waals surface area contributed by atoms with E-state index in [9.17, 15) is 14.3 Å². The number of aliphatic hydroxyl groups is 1. The second-order valence-electron chi connectivity index (χ2n) is 6.87. The first-order valence-electron chi connectivity index (χ1n) is 8.65. The van der Waals surface area contributed by atoms with Crippen LogP contribution in [0.25, 0.3) is 0 Å². The molecule has 2 heterocycles. The summed E-state index contributed by atoms with van der Waals surface area (Å²) in [5.41, 5.74) is -0.825. The molecular formula is C18H25FN2O3. The molecule has 2 saturated heterocycles. The summed E-state index contributed by atoms with van der Waals surface area (Å²) in [5, 5.41) is 10.8. The maximum Gasteiger partial charge on any atom is 0.260 e. The standard InChI is InChI=1S/C18H25FN2O3/c19-15-4-6-16(7-5-15)24-12-17(22)21-11-3-8-18(23,14-21)13-20-9-1-2-10-20/h4-7,23H,1-3,8-14H2. The normalized spacial score (nSPS) is 25.0. The largest absolute Gasteiger partial charge is 0.484 e. The molecule has 0 bridgehead atoms. The molecule has 0 spiro atoms. The molecule has 1 amide bonds. The third-order valence-corrected chi connectivity index (χ3v) is 4.80. The predicted molar refractivity (Wildman–Crippen MR) is 88.3 cm³/mol. The highest BCUT2D eigenvalue weighted by molar-refractivity contribution is 5.78. The van der Waals surface area contributed by atoms with Gasteiger partial charge in [0.2, 0.25) is 0 Å². The zero-order valence-electron chi connectivity index (χ0n) is 13.9. The number of piperidine rings is 1. The Bertz CT molecular complexity index is 560. The molecule has 1 aromatic carbocycles. The average molecular weight is 336 g/mol. The van der Waals surface area contributed by atoms with E-state index in [1.165, 1.54) is 37.1 Å². The Hall–Kier alpha value is -1.66. The van der Waals surface area contributed by atoms with Crippen LogP contribution in [0.4, 0.5) is 4.39 Å². The molecular weight excluding hydrogens is 311 g/mol. The van der Waals surface area contributed by atoms with Gasteiger partial charge in [0.25, 0.3) is 5.91 Å². The van der Waals surface area contributed by atoms with E-state index in [2.05, 4.69) is 4.90 Å². The zero-order valence-corrected chi connectivity index (χ0v) is 13.9. The van der Waals surface area contributed by atoms with Gasteiger partial charge < -0.3 is 19.6 Å². The van der Waals surface area contributed by atoms with Crippen molar-refractivity contribution in [3.8, 4) is 5.75 Å². The topological polar surface area (TPSA) is 53.0 Å². The van der Waals surface area contributed by atoms with Gasteiger partial charge in [0.1, 0.15) is 11.6 Å². The van der Waals surface area contributed by atoms with Crippen molar-refractivity contribution in [2.45, 2.75) is 31.3 Å². The fourth-order valence-electron chi connectivity index (χ4n) is 3.58. The molecule has 0 radical (unpaired) electrons. The monoisotopic (exact) mass is 336 g/mol. The number of ether oxygens (including phenoxy) is 1. The third-order valence-electron chi connectivity index (χ3n) is 4.80. The molecule has 1 aromatic rings. The minimum absolute atomic E-state index is 0.0918. The fourth-order valence-corrected chi connectivity index (χ4v) is 3.58. The SMILES string of the molecule is O=C(COc1ccc(F)cc1)N1CCCC(O)(CN2CCCC2)C1. The van der Waals surface area contributed by atoms with Crippen LogP contribution in [0.3, 0.4) is 0 Å². The van der Waals surface area contributed by atoms with E-state index in [0.717, 1.165) is 25.9 Å². The Kier molecular flexibility index (Phi) is 5.36. The zero-order chi connectivity index (χ0) is 17.0. The van der Waals surface area contributed by atoms with Crippen molar-refractivity contribution in [2.75, 3.05) is 39.3 Å². The number of benzene rings is 1. The number of halogens is 1. The second-order valence-corrected chi connectivity index (χ2v) is 6.87. The number of hydrogen-bond donors (Lipinski definition) is 1. The molecule has 3 rings (SSSR count). The van der Waals surface area contributed by atoms with Crippen LogP contribution in [0.1, 0.15) is 25.7 Å². The molecule has 24 heavy (non-hydrogen) atoms. The average Bonchev–Trinajstić information content (AvgIpc) is 3.06. The van der Waals surface area contributed by atoms with E-state index in [4.69, 9.17) is 4.74 Å². The molecule has 2 aliphatic rings. The summed E-state index contributed by atoms with van der Waals surface area (Å²) in [4.78, 5) is 16.3. The molecule has 2 aliphatic heterocycles. The van der Waals surface area contributed by atoms with Crippen molar-refractivity contribution >= 4 is 5.91 Å². The number of β-amino-alcohol motifs (C(OH)–C–C–N with tert-alkyl or cyclic N) is 1. The van der Waals surface area contributed by atoms with Gasteiger partial charge in [-0.3, -0.25) is 4.79 Å². The molecule has 1 N–H and O–H groups in total. The van der Waals surface area contributed by atoms with Crippen molar-refractivity contribution in [3.63, 3.8) is 0 Å². The van der Waals surface area contributed by atoms with Crippen LogP contribution in [0.5, 0.6) is 5.75 Å². The Morgan fingerprint density at radius 2 is 1.88 bits per heavy atom. The van der Waals surface area contributed by atoms with E-state index in [1.54, 1.807) is 4.90 Å². The predicted octanol–water partition coefficient (Wildman–Crippen LogP) is 1.65. The first-order valence-corrected chi connectivity index (χ1v) is 8.65. The van der Waals surface area contributed by atoms with Crippen LogP contribution in [0.15, 0.2) is 24.3 Å². The van der Waals surface area contributed by atoms with Crippen LogP contribution < -0.4 is 4.74 Å². The van der Waals surface area contributed by atoms with Crippen molar-refractivity contribution in [2.24, 2.45) is 0 Å². The Labute approximate surface area is 142 Å². The molecule has 6 heteroatoms. The van der Waals surface area contributed by atoms with Gasteiger partial charge in [-0.1, -0.05) is 0 Å². The van der Waals surface area contributed by atoms with Gasteiger partial charge in [0.15, 0.2) is 6.61 Å². The summed E-state index contributed by atoms with van der Waals surface area (Å²) in [6, 6.07) is 5.61. The van der Waals surface area contributed by atoms with Crippen LogP contribution in [-0.4, -0.2) is 65.7 Å². The van der Waals surface area contributed by atoms with Gasteiger partial charge in [-0.15, -0.1) is 0 Å². The highest BCUT2D eigenvalue weighted by atomic mass is 19.1. The Morgan fingerprint density at radius 3 is 2.58 bits per heavy atom.